The molecule has 0 aliphatic heterocycles. The third-order valence-corrected chi connectivity index (χ3v) is 3.62. The van der Waals surface area contributed by atoms with E-state index in [1.165, 1.54) is 0 Å². The van der Waals surface area contributed by atoms with Gasteiger partial charge in [0.2, 0.25) is 0 Å². The van der Waals surface area contributed by atoms with Gasteiger partial charge in [-0.15, -0.1) is 0 Å². The van der Waals surface area contributed by atoms with Gasteiger partial charge in [-0.3, -0.25) is 9.78 Å². The number of nitrogens with zero attached hydrogens (tertiary/aromatic N) is 1. The molecule has 2 rings (SSSR count). The molecule has 2 aromatic heterocycles. The molecule has 21 heavy (non-hydrogen) atoms. The predicted octanol–water partition coefficient (Wildman–Crippen LogP) is 2.57. The molecule has 1 amide bonds. The van der Waals surface area contributed by atoms with Crippen LogP contribution in [0.3, 0.4) is 0 Å². The first-order valence-corrected chi connectivity index (χ1v) is 7.00. The first-order valence-electron chi connectivity index (χ1n) is 7.00. The van der Waals surface area contributed by atoms with E-state index in [-0.39, 0.29) is 11.9 Å². The van der Waals surface area contributed by atoms with Crippen LogP contribution in [0.15, 0.2) is 24.4 Å². The highest BCUT2D eigenvalue weighted by atomic mass is 16.3. The molecule has 0 spiro atoms. The highest BCUT2D eigenvalue weighted by Gasteiger charge is 2.21. The molecule has 2 aromatic rings. The molecule has 0 radical (unpaired) electrons. The maximum absolute atomic E-state index is 12.4. The van der Waals surface area contributed by atoms with Crippen LogP contribution in [-0.2, 0) is 0 Å². The quantitative estimate of drug-likeness (QED) is 0.808. The summed E-state index contributed by atoms with van der Waals surface area (Å²) >= 11 is 0. The molecule has 5 nitrogen and oxygen atoms in total. The van der Waals surface area contributed by atoms with E-state index in [1.807, 2.05) is 39.0 Å². The number of carbonyl (C=O) groups is 1. The van der Waals surface area contributed by atoms with Gasteiger partial charge < -0.3 is 15.4 Å². The fraction of sp³-hybridized carbons (Fsp3) is 0.375. The third-order valence-electron chi connectivity index (χ3n) is 3.62. The van der Waals surface area contributed by atoms with Crippen molar-refractivity contribution >= 4 is 5.91 Å². The van der Waals surface area contributed by atoms with Gasteiger partial charge in [0.15, 0.2) is 0 Å². The molecule has 0 aromatic carbocycles. The Morgan fingerprint density at radius 2 is 2.05 bits per heavy atom. The Bertz CT molecular complexity index is 632. The summed E-state index contributed by atoms with van der Waals surface area (Å²) in [6.07, 6.45) is 1.10. The lowest BCUT2D eigenvalue weighted by atomic mass is 10.1. The third kappa shape index (κ3) is 3.13. The zero-order chi connectivity index (χ0) is 15.6. The van der Waals surface area contributed by atoms with Gasteiger partial charge in [-0.05, 0) is 45.4 Å². The number of pyridine rings is 1. The summed E-state index contributed by atoms with van der Waals surface area (Å²) in [6, 6.07) is 5.42. The summed E-state index contributed by atoms with van der Waals surface area (Å²) in [5.74, 6) is -0.194. The van der Waals surface area contributed by atoms with Gasteiger partial charge in [-0.25, -0.2) is 0 Å². The Hall–Kier alpha value is -2.14. The van der Waals surface area contributed by atoms with E-state index in [9.17, 15) is 9.90 Å². The molecule has 0 saturated heterocycles. The molecule has 0 saturated carbocycles. The molecular formula is C16H21N3O2. The summed E-state index contributed by atoms with van der Waals surface area (Å²) in [6.45, 7) is 7.28. The molecule has 112 valence electrons. The fourth-order valence-corrected chi connectivity index (χ4v) is 2.59. The van der Waals surface area contributed by atoms with E-state index in [1.54, 1.807) is 13.1 Å². The molecule has 2 atom stereocenters. The largest absolute Gasteiger partial charge is 0.389 e. The molecule has 0 aliphatic rings. The number of aliphatic hydroxyl groups excluding tert-OH is 1. The predicted molar refractivity (Wildman–Crippen MR) is 81.0 cm³/mol. The van der Waals surface area contributed by atoms with Crippen molar-refractivity contribution in [3.05, 3.63) is 52.6 Å². The lowest BCUT2D eigenvalue weighted by molar-refractivity contribution is 0.0934. The summed E-state index contributed by atoms with van der Waals surface area (Å²) in [5, 5.41) is 12.7. The maximum Gasteiger partial charge on any atom is 0.268 e. The number of aromatic amines is 1. The minimum atomic E-state index is -0.601. The summed E-state index contributed by atoms with van der Waals surface area (Å²) in [4.78, 5) is 19.7. The molecule has 0 unspecified atom stereocenters. The van der Waals surface area contributed by atoms with Crippen molar-refractivity contribution in [2.24, 2.45) is 0 Å². The van der Waals surface area contributed by atoms with Crippen LogP contribution >= 0.6 is 0 Å². The summed E-state index contributed by atoms with van der Waals surface area (Å²) in [5.41, 5.74) is 3.69. The zero-order valence-corrected chi connectivity index (χ0v) is 12.8. The maximum atomic E-state index is 12.4. The van der Waals surface area contributed by atoms with Crippen LogP contribution in [0.5, 0.6) is 0 Å². The number of H-pyrrole nitrogens is 1. The van der Waals surface area contributed by atoms with Gasteiger partial charge in [0.25, 0.3) is 5.91 Å². The summed E-state index contributed by atoms with van der Waals surface area (Å²) in [7, 11) is 0. The normalized spacial score (nSPS) is 13.8. The Kier molecular flexibility index (Phi) is 4.43. The fourth-order valence-electron chi connectivity index (χ4n) is 2.59. The number of hydrogen-bond acceptors (Lipinski definition) is 3. The number of amides is 1. The number of aryl methyl sites for hydroxylation is 1. The smallest absolute Gasteiger partial charge is 0.268 e. The van der Waals surface area contributed by atoms with E-state index >= 15 is 0 Å². The Labute approximate surface area is 124 Å². The Morgan fingerprint density at radius 1 is 1.33 bits per heavy atom. The van der Waals surface area contributed by atoms with E-state index < -0.39 is 6.10 Å². The second-order valence-corrected chi connectivity index (χ2v) is 5.29. The van der Waals surface area contributed by atoms with E-state index in [2.05, 4.69) is 15.3 Å². The molecule has 5 heteroatoms. The first-order chi connectivity index (χ1) is 9.91. The van der Waals surface area contributed by atoms with Crippen molar-refractivity contribution in [3.63, 3.8) is 0 Å². The molecule has 0 fully saturated rings. The lowest BCUT2D eigenvalue weighted by Crippen LogP contribution is -2.28. The number of rotatable bonds is 4. The molecule has 2 heterocycles. The van der Waals surface area contributed by atoms with Gasteiger partial charge >= 0.3 is 0 Å². The van der Waals surface area contributed by atoms with Gasteiger partial charge in [-0.1, -0.05) is 6.07 Å². The molecular weight excluding hydrogens is 266 g/mol. The van der Waals surface area contributed by atoms with Crippen LogP contribution in [0.25, 0.3) is 0 Å². The number of carbonyl (C=O) groups excluding carboxylic acids is 1. The van der Waals surface area contributed by atoms with Crippen LogP contribution in [0.1, 0.15) is 59.0 Å². The van der Waals surface area contributed by atoms with Gasteiger partial charge in [0.1, 0.15) is 5.69 Å². The van der Waals surface area contributed by atoms with Crippen molar-refractivity contribution in [2.75, 3.05) is 0 Å². The monoisotopic (exact) mass is 287 g/mol. The van der Waals surface area contributed by atoms with Crippen molar-refractivity contribution in [3.8, 4) is 0 Å². The van der Waals surface area contributed by atoms with Crippen LogP contribution in [0.2, 0.25) is 0 Å². The van der Waals surface area contributed by atoms with Crippen LogP contribution in [0.4, 0.5) is 0 Å². The van der Waals surface area contributed by atoms with Gasteiger partial charge in [-0.2, -0.15) is 0 Å². The van der Waals surface area contributed by atoms with Crippen LogP contribution < -0.4 is 5.32 Å². The number of nitrogens with one attached hydrogen (secondary N) is 2. The second-order valence-electron chi connectivity index (χ2n) is 5.29. The van der Waals surface area contributed by atoms with E-state index in [0.29, 0.717) is 5.69 Å². The van der Waals surface area contributed by atoms with Crippen molar-refractivity contribution < 1.29 is 9.90 Å². The Balaban J connectivity index is 2.20. The SMILES string of the molecule is Cc1[nH]c(C(=O)N[C@@H](C)c2ccccn2)c(C)c1[C@H](C)O. The van der Waals surface area contributed by atoms with Crippen LogP contribution in [-0.4, -0.2) is 21.0 Å². The van der Waals surface area contributed by atoms with E-state index in [0.717, 1.165) is 22.5 Å². The Morgan fingerprint density at radius 3 is 2.57 bits per heavy atom. The minimum Gasteiger partial charge on any atom is -0.389 e. The average Bonchev–Trinajstić information content (AvgIpc) is 2.75. The average molecular weight is 287 g/mol. The van der Waals surface area contributed by atoms with Crippen molar-refractivity contribution in [1.29, 1.82) is 0 Å². The van der Waals surface area contributed by atoms with Crippen molar-refractivity contribution in [1.82, 2.24) is 15.3 Å². The molecule has 0 bridgehead atoms. The van der Waals surface area contributed by atoms with Crippen LogP contribution in [0, 0.1) is 13.8 Å². The van der Waals surface area contributed by atoms with Gasteiger partial charge in [0.05, 0.1) is 17.8 Å². The van der Waals surface area contributed by atoms with E-state index in [4.69, 9.17) is 0 Å². The molecule has 3 N–H and O–H groups in total. The highest BCUT2D eigenvalue weighted by molar-refractivity contribution is 5.94. The number of aromatic nitrogens is 2. The zero-order valence-electron chi connectivity index (χ0n) is 12.8. The second kappa shape index (κ2) is 6.10. The van der Waals surface area contributed by atoms with Crippen molar-refractivity contribution in [2.45, 2.75) is 39.8 Å². The lowest BCUT2D eigenvalue weighted by Gasteiger charge is -2.13. The first kappa shape index (κ1) is 15.3. The summed E-state index contributed by atoms with van der Waals surface area (Å²) < 4.78 is 0. The van der Waals surface area contributed by atoms with Gasteiger partial charge in [0, 0.05) is 17.5 Å². The molecule has 0 aliphatic carbocycles. The minimum absolute atomic E-state index is 0.184. The highest BCUT2D eigenvalue weighted by Crippen LogP contribution is 2.24. The number of aliphatic hydroxyl groups is 1. The standard InChI is InChI=1S/C16H21N3O2/c1-9-14(12(4)20)11(3)18-15(9)16(21)19-10(2)13-7-5-6-8-17-13/h5-8,10,12,18,20H,1-4H3,(H,19,21)/t10-,12-/m0/s1. The number of hydrogen-bond donors (Lipinski definition) is 3. The topological polar surface area (TPSA) is 78.0 Å².